The van der Waals surface area contributed by atoms with Crippen molar-refractivity contribution in [1.29, 1.82) is 0 Å². The van der Waals surface area contributed by atoms with Gasteiger partial charge in [0.2, 0.25) is 0 Å². The highest BCUT2D eigenvalue weighted by molar-refractivity contribution is 6.29. The van der Waals surface area contributed by atoms with Crippen molar-refractivity contribution >= 4 is 23.2 Å². The average molecular weight is 214 g/mol. The maximum Gasteiger partial charge on any atom is 0.129 e. The first-order valence-corrected chi connectivity index (χ1v) is 4.82. The highest BCUT2D eigenvalue weighted by Crippen LogP contribution is 2.10. The minimum absolute atomic E-state index is 0.500. The standard InChI is InChI=1S/C10H9Cl2N/c1-8-6-10(12)13-7-9(8)4-2-3-5-11/h6-7H,3,5H2,1H3. The molecule has 0 aliphatic carbocycles. The number of halogens is 2. The summed E-state index contributed by atoms with van der Waals surface area (Å²) in [6.45, 7) is 1.96. The summed E-state index contributed by atoms with van der Waals surface area (Å²) >= 11 is 11.2. The van der Waals surface area contributed by atoms with Crippen LogP contribution < -0.4 is 0 Å². The molecule has 0 bridgehead atoms. The van der Waals surface area contributed by atoms with E-state index < -0.39 is 0 Å². The maximum absolute atomic E-state index is 5.70. The molecule has 0 atom stereocenters. The Morgan fingerprint density at radius 3 is 2.92 bits per heavy atom. The Labute approximate surface area is 88.1 Å². The topological polar surface area (TPSA) is 12.9 Å². The van der Waals surface area contributed by atoms with Crippen LogP contribution in [-0.4, -0.2) is 10.9 Å². The average Bonchev–Trinajstić information content (AvgIpc) is 2.09. The molecule has 1 heterocycles. The van der Waals surface area contributed by atoms with Gasteiger partial charge in [0.05, 0.1) is 0 Å². The van der Waals surface area contributed by atoms with Crippen molar-refractivity contribution in [1.82, 2.24) is 4.98 Å². The van der Waals surface area contributed by atoms with Crippen LogP contribution in [0.3, 0.4) is 0 Å². The van der Waals surface area contributed by atoms with E-state index in [1.54, 1.807) is 12.3 Å². The number of nitrogens with zero attached hydrogens (tertiary/aromatic N) is 1. The molecule has 0 saturated heterocycles. The molecule has 1 aromatic rings. The Hall–Kier alpha value is -0.710. The summed E-state index contributed by atoms with van der Waals surface area (Å²) in [6, 6.07) is 1.80. The zero-order valence-electron chi connectivity index (χ0n) is 7.27. The van der Waals surface area contributed by atoms with Crippen molar-refractivity contribution in [2.75, 3.05) is 5.88 Å². The molecule has 68 valence electrons. The van der Waals surface area contributed by atoms with Crippen LogP contribution in [0, 0.1) is 18.8 Å². The van der Waals surface area contributed by atoms with Gasteiger partial charge in [-0.1, -0.05) is 23.4 Å². The van der Waals surface area contributed by atoms with Gasteiger partial charge in [0.25, 0.3) is 0 Å². The van der Waals surface area contributed by atoms with Gasteiger partial charge in [-0.05, 0) is 18.6 Å². The van der Waals surface area contributed by atoms with E-state index >= 15 is 0 Å². The molecule has 0 unspecified atom stereocenters. The van der Waals surface area contributed by atoms with Crippen LogP contribution in [0.1, 0.15) is 17.5 Å². The quantitative estimate of drug-likeness (QED) is 0.397. The third-order valence-electron chi connectivity index (χ3n) is 1.52. The van der Waals surface area contributed by atoms with Gasteiger partial charge in [-0.25, -0.2) is 4.98 Å². The highest BCUT2D eigenvalue weighted by atomic mass is 35.5. The second kappa shape index (κ2) is 5.11. The lowest BCUT2D eigenvalue weighted by molar-refractivity contribution is 1.26. The van der Waals surface area contributed by atoms with Gasteiger partial charge in [-0.2, -0.15) is 0 Å². The van der Waals surface area contributed by atoms with Crippen molar-refractivity contribution < 1.29 is 0 Å². The Morgan fingerprint density at radius 1 is 1.54 bits per heavy atom. The first-order chi connectivity index (χ1) is 6.24. The summed E-state index contributed by atoms with van der Waals surface area (Å²) in [5.41, 5.74) is 1.96. The molecule has 0 aliphatic heterocycles. The first kappa shape index (κ1) is 10.4. The van der Waals surface area contributed by atoms with E-state index in [2.05, 4.69) is 16.8 Å². The van der Waals surface area contributed by atoms with Crippen LogP contribution in [0.15, 0.2) is 12.3 Å². The van der Waals surface area contributed by atoms with Crippen LogP contribution in [0.4, 0.5) is 0 Å². The lowest BCUT2D eigenvalue weighted by Gasteiger charge is -1.96. The smallest absolute Gasteiger partial charge is 0.129 e. The third kappa shape index (κ3) is 3.26. The summed E-state index contributed by atoms with van der Waals surface area (Å²) in [7, 11) is 0. The summed E-state index contributed by atoms with van der Waals surface area (Å²) in [5.74, 6) is 6.49. The van der Waals surface area contributed by atoms with Crippen molar-refractivity contribution in [2.45, 2.75) is 13.3 Å². The first-order valence-electron chi connectivity index (χ1n) is 3.91. The molecule has 3 heteroatoms. The number of rotatable bonds is 1. The molecule has 0 amide bonds. The number of aromatic nitrogens is 1. The van der Waals surface area contributed by atoms with Gasteiger partial charge in [-0.15, -0.1) is 11.6 Å². The Morgan fingerprint density at radius 2 is 2.31 bits per heavy atom. The molecule has 0 fully saturated rings. The maximum atomic E-state index is 5.70. The second-order valence-corrected chi connectivity index (χ2v) is 3.33. The van der Waals surface area contributed by atoms with E-state index in [4.69, 9.17) is 23.2 Å². The number of hydrogen-bond donors (Lipinski definition) is 0. The lowest BCUT2D eigenvalue weighted by atomic mass is 10.2. The van der Waals surface area contributed by atoms with Crippen LogP contribution in [0.25, 0.3) is 0 Å². The Kier molecular flexibility index (Phi) is 4.08. The number of pyridine rings is 1. The fourth-order valence-corrected chi connectivity index (χ4v) is 1.16. The van der Waals surface area contributed by atoms with E-state index in [1.165, 1.54) is 0 Å². The molecule has 1 aromatic heterocycles. The molecule has 0 aromatic carbocycles. The molecule has 0 saturated carbocycles. The number of alkyl halides is 1. The molecule has 0 spiro atoms. The summed E-state index contributed by atoms with van der Waals surface area (Å²) in [4.78, 5) is 3.95. The zero-order valence-corrected chi connectivity index (χ0v) is 8.78. The molecule has 0 N–H and O–H groups in total. The van der Waals surface area contributed by atoms with Crippen LogP contribution >= 0.6 is 23.2 Å². The molecular formula is C10H9Cl2N. The van der Waals surface area contributed by atoms with Crippen molar-refractivity contribution in [3.63, 3.8) is 0 Å². The van der Waals surface area contributed by atoms with E-state index in [0.29, 0.717) is 17.5 Å². The molecular weight excluding hydrogens is 205 g/mol. The van der Waals surface area contributed by atoms with Crippen molar-refractivity contribution in [3.05, 3.63) is 28.5 Å². The van der Waals surface area contributed by atoms with Gasteiger partial charge >= 0.3 is 0 Å². The van der Waals surface area contributed by atoms with E-state index in [0.717, 1.165) is 11.1 Å². The molecule has 1 rings (SSSR count). The normalized spacial score (nSPS) is 9.15. The largest absolute Gasteiger partial charge is 0.243 e. The van der Waals surface area contributed by atoms with Crippen LogP contribution in [-0.2, 0) is 0 Å². The minimum atomic E-state index is 0.500. The van der Waals surface area contributed by atoms with E-state index in [-0.39, 0.29) is 0 Å². The van der Waals surface area contributed by atoms with Crippen molar-refractivity contribution in [3.8, 4) is 11.8 Å². The lowest BCUT2D eigenvalue weighted by Crippen LogP contribution is -1.85. The minimum Gasteiger partial charge on any atom is -0.243 e. The van der Waals surface area contributed by atoms with Gasteiger partial charge in [-0.3, -0.25) is 0 Å². The molecule has 0 aliphatic rings. The van der Waals surface area contributed by atoms with Gasteiger partial charge in [0.1, 0.15) is 5.15 Å². The fraction of sp³-hybridized carbons (Fsp3) is 0.300. The second-order valence-electron chi connectivity index (χ2n) is 2.56. The van der Waals surface area contributed by atoms with Gasteiger partial charge in [0.15, 0.2) is 0 Å². The van der Waals surface area contributed by atoms with Gasteiger partial charge < -0.3 is 0 Å². The zero-order chi connectivity index (χ0) is 9.68. The third-order valence-corrected chi connectivity index (χ3v) is 1.92. The predicted molar refractivity (Wildman–Crippen MR) is 56.2 cm³/mol. The summed E-state index contributed by atoms with van der Waals surface area (Å²) < 4.78 is 0. The number of hydrogen-bond acceptors (Lipinski definition) is 1. The summed E-state index contributed by atoms with van der Waals surface area (Å²) in [5, 5.41) is 0.500. The Bertz CT molecular complexity index is 350. The highest BCUT2D eigenvalue weighted by Gasteiger charge is 1.95. The molecule has 13 heavy (non-hydrogen) atoms. The Balaban J connectivity index is 2.85. The number of aryl methyl sites for hydroxylation is 1. The summed E-state index contributed by atoms with van der Waals surface area (Å²) in [6.07, 6.45) is 2.38. The molecule has 0 radical (unpaired) electrons. The van der Waals surface area contributed by atoms with Gasteiger partial charge in [0, 0.05) is 24.1 Å². The SMILES string of the molecule is Cc1cc(Cl)ncc1C#CCCCl. The predicted octanol–water partition coefficient (Wildman–Crippen LogP) is 3.02. The van der Waals surface area contributed by atoms with Crippen LogP contribution in [0.5, 0.6) is 0 Å². The van der Waals surface area contributed by atoms with Crippen LogP contribution in [0.2, 0.25) is 5.15 Å². The fourth-order valence-electron chi connectivity index (χ4n) is 0.858. The molecule has 1 nitrogen and oxygen atoms in total. The van der Waals surface area contributed by atoms with E-state index in [1.807, 2.05) is 6.92 Å². The van der Waals surface area contributed by atoms with E-state index in [9.17, 15) is 0 Å². The van der Waals surface area contributed by atoms with Crippen molar-refractivity contribution in [2.24, 2.45) is 0 Å². The monoisotopic (exact) mass is 213 g/mol.